The topological polar surface area (TPSA) is 32.5 Å². The average molecular weight is 389 g/mol. The fraction of sp³-hybridized carbons (Fsp3) is 0.381. The first-order valence-electron chi connectivity index (χ1n) is 9.37. The molecule has 1 aliphatic rings. The van der Waals surface area contributed by atoms with E-state index >= 15 is 0 Å². The molecular formula is C21H22F3N3O. The lowest BCUT2D eigenvalue weighted by molar-refractivity contribution is -0.137. The number of hydrogen-bond acceptors (Lipinski definition) is 4. The number of hydrogen-bond donors (Lipinski definition) is 0. The number of nitrogens with zero attached hydrogens (tertiary/aromatic N) is 3. The zero-order valence-corrected chi connectivity index (χ0v) is 15.6. The number of anilines is 1. The molecule has 0 aliphatic carbocycles. The number of oxazole rings is 1. The molecule has 2 aromatic carbocycles. The predicted octanol–water partition coefficient (Wildman–Crippen LogP) is 4.95. The minimum Gasteiger partial charge on any atom is -0.423 e. The third-order valence-corrected chi connectivity index (χ3v) is 5.33. The van der Waals surface area contributed by atoms with Crippen LogP contribution in [0.25, 0.3) is 11.1 Å². The van der Waals surface area contributed by atoms with E-state index in [-0.39, 0.29) is 0 Å². The van der Waals surface area contributed by atoms with E-state index in [1.54, 1.807) is 6.07 Å². The molecule has 4 rings (SSSR count). The molecule has 1 fully saturated rings. The third kappa shape index (κ3) is 3.99. The van der Waals surface area contributed by atoms with Crippen LogP contribution in [0.4, 0.5) is 19.2 Å². The van der Waals surface area contributed by atoms with Crippen molar-refractivity contribution in [1.82, 2.24) is 9.88 Å². The molecule has 3 aromatic rings. The van der Waals surface area contributed by atoms with Crippen molar-refractivity contribution in [3.63, 3.8) is 0 Å². The normalized spacial score (nSPS) is 16.2. The summed E-state index contributed by atoms with van der Waals surface area (Å²) in [6.07, 6.45) is -2.48. The fourth-order valence-corrected chi connectivity index (χ4v) is 3.76. The summed E-state index contributed by atoms with van der Waals surface area (Å²) in [5.41, 5.74) is 1.71. The van der Waals surface area contributed by atoms with Crippen LogP contribution in [0.3, 0.4) is 0 Å². The van der Waals surface area contributed by atoms with Crippen LogP contribution in [-0.2, 0) is 12.7 Å². The molecule has 0 saturated carbocycles. The van der Waals surface area contributed by atoms with Crippen LogP contribution in [0, 0.1) is 0 Å². The summed E-state index contributed by atoms with van der Waals surface area (Å²) in [5.74, 6) is 0. The predicted molar refractivity (Wildman–Crippen MR) is 102 cm³/mol. The average Bonchev–Trinajstić information content (AvgIpc) is 3.12. The highest BCUT2D eigenvalue weighted by Gasteiger charge is 2.31. The Morgan fingerprint density at radius 2 is 1.86 bits per heavy atom. The summed E-state index contributed by atoms with van der Waals surface area (Å²) in [6.45, 7) is 2.12. The maximum Gasteiger partial charge on any atom is 0.416 e. The standard InChI is InChI=1S/C21H22F3N3O/c1-26(14-15-5-4-6-16(13-15)21(22,23)24)17-9-11-27(12-10-17)20-25-18-7-2-3-8-19(18)28-20/h2-8,13,17H,9-12,14H2,1H3. The molecule has 7 heteroatoms. The number of rotatable bonds is 4. The molecule has 148 valence electrons. The molecular weight excluding hydrogens is 367 g/mol. The van der Waals surface area contributed by atoms with E-state index in [1.807, 2.05) is 31.3 Å². The lowest BCUT2D eigenvalue weighted by Gasteiger charge is -2.36. The summed E-state index contributed by atoms with van der Waals surface area (Å²) in [7, 11) is 1.97. The quantitative estimate of drug-likeness (QED) is 0.632. The van der Waals surface area contributed by atoms with Gasteiger partial charge >= 0.3 is 6.18 Å². The summed E-state index contributed by atoms with van der Waals surface area (Å²) < 4.78 is 44.6. The highest BCUT2D eigenvalue weighted by Crippen LogP contribution is 2.30. The minimum absolute atomic E-state index is 0.315. The van der Waals surface area contributed by atoms with Gasteiger partial charge in [-0.2, -0.15) is 18.2 Å². The van der Waals surface area contributed by atoms with Crippen LogP contribution >= 0.6 is 0 Å². The van der Waals surface area contributed by atoms with E-state index in [9.17, 15) is 13.2 Å². The van der Waals surface area contributed by atoms with Gasteiger partial charge in [0.15, 0.2) is 5.58 Å². The minimum atomic E-state index is -4.31. The summed E-state index contributed by atoms with van der Waals surface area (Å²) in [5, 5.41) is 0. The van der Waals surface area contributed by atoms with E-state index in [0.29, 0.717) is 24.2 Å². The molecule has 0 amide bonds. The Labute approximate surface area is 161 Å². The molecule has 4 nitrogen and oxygen atoms in total. The van der Waals surface area contributed by atoms with Crippen molar-refractivity contribution in [2.75, 3.05) is 25.0 Å². The van der Waals surface area contributed by atoms with E-state index in [1.165, 1.54) is 12.1 Å². The van der Waals surface area contributed by atoms with E-state index in [0.717, 1.165) is 43.1 Å². The molecule has 2 heterocycles. The lowest BCUT2D eigenvalue weighted by Crippen LogP contribution is -2.43. The van der Waals surface area contributed by atoms with Crippen LogP contribution < -0.4 is 4.90 Å². The first-order valence-corrected chi connectivity index (χ1v) is 9.37. The smallest absolute Gasteiger partial charge is 0.416 e. The molecule has 0 bridgehead atoms. The van der Waals surface area contributed by atoms with Gasteiger partial charge in [0.1, 0.15) is 5.52 Å². The van der Waals surface area contributed by atoms with Crippen molar-refractivity contribution in [1.29, 1.82) is 0 Å². The molecule has 1 saturated heterocycles. The van der Waals surface area contributed by atoms with Crippen molar-refractivity contribution in [3.8, 4) is 0 Å². The monoisotopic (exact) mass is 389 g/mol. The van der Waals surface area contributed by atoms with Crippen LogP contribution in [-0.4, -0.2) is 36.1 Å². The molecule has 28 heavy (non-hydrogen) atoms. The van der Waals surface area contributed by atoms with Gasteiger partial charge in [-0.3, -0.25) is 4.90 Å². The molecule has 1 aliphatic heterocycles. The third-order valence-electron chi connectivity index (χ3n) is 5.33. The maximum absolute atomic E-state index is 12.9. The van der Waals surface area contributed by atoms with Crippen LogP contribution in [0.1, 0.15) is 24.0 Å². The Morgan fingerprint density at radius 1 is 1.11 bits per heavy atom. The van der Waals surface area contributed by atoms with Crippen molar-refractivity contribution in [2.45, 2.75) is 31.6 Å². The van der Waals surface area contributed by atoms with Crippen molar-refractivity contribution in [2.24, 2.45) is 0 Å². The first-order chi connectivity index (χ1) is 13.4. The Bertz CT molecular complexity index is 912. The molecule has 1 aromatic heterocycles. The lowest BCUT2D eigenvalue weighted by atomic mass is 10.0. The number of alkyl halides is 3. The highest BCUT2D eigenvalue weighted by atomic mass is 19.4. The Hall–Kier alpha value is -2.54. The summed E-state index contributed by atoms with van der Waals surface area (Å²) >= 11 is 0. The Kier molecular flexibility index (Phi) is 5.02. The van der Waals surface area contributed by atoms with Crippen molar-refractivity contribution in [3.05, 3.63) is 59.7 Å². The zero-order chi connectivity index (χ0) is 19.7. The van der Waals surface area contributed by atoms with E-state index in [2.05, 4.69) is 14.8 Å². The van der Waals surface area contributed by atoms with Crippen LogP contribution in [0.5, 0.6) is 0 Å². The highest BCUT2D eigenvalue weighted by molar-refractivity contribution is 5.74. The summed E-state index contributed by atoms with van der Waals surface area (Å²) in [6, 6.07) is 14.2. The van der Waals surface area contributed by atoms with Gasteiger partial charge in [0, 0.05) is 25.7 Å². The Balaban J connectivity index is 1.37. The van der Waals surface area contributed by atoms with Gasteiger partial charge in [0.2, 0.25) is 0 Å². The molecule has 0 unspecified atom stereocenters. The molecule has 0 atom stereocenters. The van der Waals surface area contributed by atoms with Gasteiger partial charge in [0.25, 0.3) is 6.01 Å². The number of halogens is 3. The molecule has 0 radical (unpaired) electrons. The van der Waals surface area contributed by atoms with Gasteiger partial charge < -0.3 is 9.32 Å². The van der Waals surface area contributed by atoms with Crippen molar-refractivity contribution >= 4 is 17.1 Å². The van der Waals surface area contributed by atoms with Gasteiger partial charge in [0.05, 0.1) is 5.56 Å². The van der Waals surface area contributed by atoms with Crippen LogP contribution in [0.2, 0.25) is 0 Å². The second-order valence-electron chi connectivity index (χ2n) is 7.30. The first kappa shape index (κ1) is 18.8. The largest absolute Gasteiger partial charge is 0.423 e. The second-order valence-corrected chi connectivity index (χ2v) is 7.30. The number of para-hydroxylation sites is 2. The van der Waals surface area contributed by atoms with Crippen molar-refractivity contribution < 1.29 is 17.6 Å². The number of aromatic nitrogens is 1. The van der Waals surface area contributed by atoms with E-state index < -0.39 is 11.7 Å². The van der Waals surface area contributed by atoms with Gasteiger partial charge in [-0.1, -0.05) is 30.3 Å². The zero-order valence-electron chi connectivity index (χ0n) is 15.6. The van der Waals surface area contributed by atoms with Gasteiger partial charge in [-0.25, -0.2) is 0 Å². The fourth-order valence-electron chi connectivity index (χ4n) is 3.76. The number of piperidine rings is 1. The number of benzene rings is 2. The van der Waals surface area contributed by atoms with Gasteiger partial charge in [-0.05, 0) is 43.7 Å². The maximum atomic E-state index is 12.9. The summed E-state index contributed by atoms with van der Waals surface area (Å²) in [4.78, 5) is 8.82. The molecule has 0 N–H and O–H groups in total. The SMILES string of the molecule is CN(Cc1cccc(C(F)(F)F)c1)C1CCN(c2nc3ccccc3o2)CC1. The number of fused-ring (bicyclic) bond motifs is 1. The van der Waals surface area contributed by atoms with Gasteiger partial charge in [-0.15, -0.1) is 0 Å². The second kappa shape index (κ2) is 7.47. The Morgan fingerprint density at radius 3 is 2.57 bits per heavy atom. The molecule has 0 spiro atoms. The van der Waals surface area contributed by atoms with Crippen LogP contribution in [0.15, 0.2) is 52.9 Å². The van der Waals surface area contributed by atoms with E-state index in [4.69, 9.17) is 4.42 Å².